The lowest BCUT2D eigenvalue weighted by molar-refractivity contribution is -0.122. The van der Waals surface area contributed by atoms with Crippen molar-refractivity contribution in [1.29, 1.82) is 0 Å². The standard InChI is InChI=1S/C28H25N3O7/c1-2-16-11-17(7-8-18(16)25(32)33)30-27(35)29-9-10-31-21-6-4-3-5-19(21)28(26(31)34)14-36-22-13-24-23(12-20(22)28)37-15-38-24/h3-8,11-13H,2,9-10,14-15H2,1H3,(H,32,33)(H2,29,30,35). The summed E-state index contributed by atoms with van der Waals surface area (Å²) in [4.78, 5) is 39.6. The molecule has 10 nitrogen and oxygen atoms in total. The van der Waals surface area contributed by atoms with Gasteiger partial charge in [0.25, 0.3) is 0 Å². The number of aromatic carboxylic acids is 1. The molecule has 3 aliphatic heterocycles. The normalized spacial score (nSPS) is 18.2. The van der Waals surface area contributed by atoms with Gasteiger partial charge in [-0.2, -0.15) is 0 Å². The zero-order valence-corrected chi connectivity index (χ0v) is 20.6. The Morgan fingerprint density at radius 3 is 2.58 bits per heavy atom. The van der Waals surface area contributed by atoms with Crippen molar-refractivity contribution in [1.82, 2.24) is 5.32 Å². The Bertz CT molecular complexity index is 1490. The van der Waals surface area contributed by atoms with E-state index in [1.165, 1.54) is 6.07 Å². The second kappa shape index (κ2) is 8.98. The van der Waals surface area contributed by atoms with Gasteiger partial charge in [0.2, 0.25) is 12.7 Å². The van der Waals surface area contributed by atoms with Crippen LogP contribution in [0.5, 0.6) is 17.2 Å². The maximum atomic E-state index is 14.0. The summed E-state index contributed by atoms with van der Waals surface area (Å²) in [6.45, 7) is 2.59. The Morgan fingerprint density at radius 2 is 1.79 bits per heavy atom. The number of hydrogen-bond donors (Lipinski definition) is 3. The van der Waals surface area contributed by atoms with Gasteiger partial charge in [-0.15, -0.1) is 0 Å². The SMILES string of the molecule is CCc1cc(NC(=O)NCCN2C(=O)C3(COc4cc5c(cc43)OCO5)c3ccccc32)ccc1C(=O)O. The van der Waals surface area contributed by atoms with E-state index in [9.17, 15) is 19.5 Å². The number of benzene rings is 3. The predicted octanol–water partition coefficient (Wildman–Crippen LogP) is 3.52. The zero-order chi connectivity index (χ0) is 26.4. The first-order valence-corrected chi connectivity index (χ1v) is 12.3. The van der Waals surface area contributed by atoms with Crippen LogP contribution in [0, 0.1) is 0 Å². The van der Waals surface area contributed by atoms with Gasteiger partial charge in [0.05, 0.1) is 5.56 Å². The fourth-order valence-corrected chi connectivity index (χ4v) is 5.42. The molecule has 3 aromatic rings. The lowest BCUT2D eigenvalue weighted by atomic mass is 9.77. The monoisotopic (exact) mass is 515 g/mol. The third kappa shape index (κ3) is 3.60. The van der Waals surface area contributed by atoms with Crippen LogP contribution >= 0.6 is 0 Å². The topological polar surface area (TPSA) is 126 Å². The number of carboxylic acid groups (broad SMARTS) is 1. The van der Waals surface area contributed by atoms with Gasteiger partial charge in [0.15, 0.2) is 11.5 Å². The van der Waals surface area contributed by atoms with E-state index in [0.717, 1.165) is 16.8 Å². The maximum Gasteiger partial charge on any atom is 0.335 e. The highest BCUT2D eigenvalue weighted by Gasteiger charge is 2.57. The van der Waals surface area contributed by atoms with E-state index in [1.807, 2.05) is 37.3 Å². The molecule has 0 bridgehead atoms. The second-order valence-electron chi connectivity index (χ2n) is 9.28. The van der Waals surface area contributed by atoms with Crippen molar-refractivity contribution < 1.29 is 33.7 Å². The van der Waals surface area contributed by atoms with Crippen molar-refractivity contribution in [3.05, 3.63) is 76.9 Å². The molecule has 0 aromatic heterocycles. The first kappa shape index (κ1) is 23.7. The number of rotatable bonds is 6. The largest absolute Gasteiger partial charge is 0.491 e. The Hall–Kier alpha value is -4.73. The van der Waals surface area contributed by atoms with Crippen molar-refractivity contribution >= 4 is 29.3 Å². The third-order valence-corrected chi connectivity index (χ3v) is 7.24. The van der Waals surface area contributed by atoms with Crippen LogP contribution in [-0.4, -0.2) is 49.5 Å². The summed E-state index contributed by atoms with van der Waals surface area (Å²) in [6.07, 6.45) is 0.520. The van der Waals surface area contributed by atoms with Crippen LogP contribution in [0.4, 0.5) is 16.2 Å². The molecule has 0 saturated carbocycles. The van der Waals surface area contributed by atoms with Gasteiger partial charge in [-0.25, -0.2) is 9.59 Å². The molecule has 1 spiro atoms. The van der Waals surface area contributed by atoms with Gasteiger partial charge in [-0.3, -0.25) is 4.79 Å². The summed E-state index contributed by atoms with van der Waals surface area (Å²) in [6, 6.07) is 15.4. The molecule has 3 N–H and O–H groups in total. The summed E-state index contributed by atoms with van der Waals surface area (Å²) in [5, 5.41) is 14.8. The van der Waals surface area contributed by atoms with E-state index >= 15 is 0 Å². The van der Waals surface area contributed by atoms with Crippen molar-refractivity contribution in [2.24, 2.45) is 0 Å². The maximum absolute atomic E-state index is 14.0. The van der Waals surface area contributed by atoms with Gasteiger partial charge in [0.1, 0.15) is 17.8 Å². The van der Waals surface area contributed by atoms with Gasteiger partial charge >= 0.3 is 12.0 Å². The molecule has 10 heteroatoms. The van der Waals surface area contributed by atoms with Crippen molar-refractivity contribution in [2.75, 3.05) is 36.7 Å². The number of hydrogen-bond acceptors (Lipinski definition) is 6. The molecule has 0 saturated heterocycles. The van der Waals surface area contributed by atoms with Gasteiger partial charge in [0, 0.05) is 36.1 Å². The molecular weight excluding hydrogens is 490 g/mol. The van der Waals surface area contributed by atoms with Crippen LogP contribution in [0.1, 0.15) is 34.0 Å². The number of carboxylic acids is 1. The van der Waals surface area contributed by atoms with Crippen molar-refractivity contribution in [2.45, 2.75) is 18.8 Å². The zero-order valence-electron chi connectivity index (χ0n) is 20.6. The Balaban J connectivity index is 1.18. The second-order valence-corrected chi connectivity index (χ2v) is 9.28. The number of nitrogens with zero attached hydrogens (tertiary/aromatic N) is 1. The fourth-order valence-electron chi connectivity index (χ4n) is 5.42. The van der Waals surface area contributed by atoms with Gasteiger partial charge in [-0.05, 0) is 47.9 Å². The summed E-state index contributed by atoms with van der Waals surface area (Å²) < 4.78 is 17.0. The van der Waals surface area contributed by atoms with E-state index in [1.54, 1.807) is 23.1 Å². The number of nitrogens with one attached hydrogen (secondary N) is 2. The van der Waals surface area contributed by atoms with Crippen LogP contribution in [0.15, 0.2) is 54.6 Å². The summed E-state index contributed by atoms with van der Waals surface area (Å²) in [5.74, 6) is 0.632. The molecule has 0 aliphatic carbocycles. The average Bonchev–Trinajstić information content (AvgIpc) is 3.59. The third-order valence-electron chi connectivity index (χ3n) is 7.24. The molecule has 38 heavy (non-hydrogen) atoms. The molecule has 1 atom stereocenters. The number of urea groups is 1. The van der Waals surface area contributed by atoms with Gasteiger partial charge < -0.3 is 34.9 Å². The highest BCUT2D eigenvalue weighted by molar-refractivity contribution is 6.11. The van der Waals surface area contributed by atoms with E-state index in [4.69, 9.17) is 14.2 Å². The molecule has 0 fully saturated rings. The summed E-state index contributed by atoms with van der Waals surface area (Å²) >= 11 is 0. The molecule has 6 rings (SSSR count). The molecule has 3 amide bonds. The first-order valence-electron chi connectivity index (χ1n) is 12.3. The van der Waals surface area contributed by atoms with Crippen LogP contribution in [-0.2, 0) is 16.6 Å². The van der Waals surface area contributed by atoms with E-state index in [0.29, 0.717) is 34.9 Å². The van der Waals surface area contributed by atoms with Crippen molar-refractivity contribution in [3.63, 3.8) is 0 Å². The molecule has 1 unspecified atom stereocenters. The number of fused-ring (bicyclic) bond motifs is 5. The molecule has 194 valence electrons. The minimum Gasteiger partial charge on any atom is -0.491 e. The molecule has 3 aliphatic rings. The molecule has 3 heterocycles. The average molecular weight is 516 g/mol. The van der Waals surface area contributed by atoms with Gasteiger partial charge in [-0.1, -0.05) is 25.1 Å². The van der Waals surface area contributed by atoms with Crippen LogP contribution in [0.2, 0.25) is 0 Å². The number of ether oxygens (including phenoxy) is 3. The Labute approximate surface area is 218 Å². The lowest BCUT2D eigenvalue weighted by Gasteiger charge is -2.23. The Kier molecular flexibility index (Phi) is 5.59. The highest BCUT2D eigenvalue weighted by Crippen LogP contribution is 2.54. The minimum absolute atomic E-state index is 0.124. The number of para-hydroxylation sites is 1. The number of carbonyl (C=O) groups is 3. The van der Waals surface area contributed by atoms with E-state index < -0.39 is 17.4 Å². The van der Waals surface area contributed by atoms with E-state index in [2.05, 4.69) is 10.6 Å². The highest BCUT2D eigenvalue weighted by atomic mass is 16.7. The quantitative estimate of drug-likeness (QED) is 0.459. The van der Waals surface area contributed by atoms with Crippen LogP contribution in [0.3, 0.4) is 0 Å². The summed E-state index contributed by atoms with van der Waals surface area (Å²) in [7, 11) is 0. The number of anilines is 2. The minimum atomic E-state index is -1.01. The van der Waals surface area contributed by atoms with E-state index in [-0.39, 0.29) is 38.0 Å². The number of carbonyl (C=O) groups excluding carboxylic acids is 2. The molecular formula is C28H25N3O7. The molecule has 0 radical (unpaired) electrons. The smallest absolute Gasteiger partial charge is 0.335 e. The van der Waals surface area contributed by atoms with Crippen molar-refractivity contribution in [3.8, 4) is 17.2 Å². The first-order chi connectivity index (χ1) is 18.4. The predicted molar refractivity (Wildman–Crippen MR) is 137 cm³/mol. The number of aryl methyl sites for hydroxylation is 1. The summed E-state index contributed by atoms with van der Waals surface area (Å²) in [5.41, 5.74) is 2.68. The Morgan fingerprint density at radius 1 is 1.00 bits per heavy atom. The molecule has 3 aromatic carbocycles. The number of amides is 3. The fraction of sp³-hybridized carbons (Fsp3) is 0.250. The lowest BCUT2D eigenvalue weighted by Crippen LogP contribution is -2.45. The van der Waals surface area contributed by atoms with Crippen LogP contribution in [0.25, 0.3) is 0 Å². The van der Waals surface area contributed by atoms with Crippen LogP contribution < -0.4 is 29.7 Å².